The van der Waals surface area contributed by atoms with Gasteiger partial charge in [-0.25, -0.2) is 4.39 Å². The third-order valence-corrected chi connectivity index (χ3v) is 5.92. The van der Waals surface area contributed by atoms with E-state index < -0.39 is 0 Å². The van der Waals surface area contributed by atoms with E-state index in [2.05, 4.69) is 14.7 Å². The number of rotatable bonds is 7. The van der Waals surface area contributed by atoms with Crippen molar-refractivity contribution in [1.29, 1.82) is 0 Å². The summed E-state index contributed by atoms with van der Waals surface area (Å²) >= 11 is 1.13. The maximum absolute atomic E-state index is 13.1. The van der Waals surface area contributed by atoms with Crippen molar-refractivity contribution in [1.82, 2.24) is 14.7 Å². The minimum atomic E-state index is -0.276. The molecule has 1 amide bonds. The fourth-order valence-electron chi connectivity index (χ4n) is 3.64. The van der Waals surface area contributed by atoms with Crippen LogP contribution >= 0.6 is 11.5 Å². The molecule has 1 N–H and O–H groups in total. The highest BCUT2D eigenvalue weighted by Gasteiger charge is 2.18. The highest BCUT2D eigenvalue weighted by molar-refractivity contribution is 7.07. The summed E-state index contributed by atoms with van der Waals surface area (Å²) in [5.74, 6) is 1.12. The summed E-state index contributed by atoms with van der Waals surface area (Å²) in [5, 5.41) is 3.48. The number of hydrogen-bond acceptors (Lipinski definition) is 6. The van der Waals surface area contributed by atoms with Crippen LogP contribution in [0, 0.1) is 5.82 Å². The molecule has 0 unspecified atom stereocenters. The Morgan fingerprint density at radius 1 is 1.13 bits per heavy atom. The number of ether oxygens (including phenoxy) is 2. The molecule has 1 saturated carbocycles. The lowest BCUT2D eigenvalue weighted by Crippen LogP contribution is -2.36. The van der Waals surface area contributed by atoms with Crippen molar-refractivity contribution in [3.05, 3.63) is 65.2 Å². The Bertz CT molecular complexity index is 1030. The first-order chi connectivity index (χ1) is 15.1. The maximum Gasteiger partial charge on any atom is 0.298 e. The highest BCUT2D eigenvalue weighted by Crippen LogP contribution is 2.33. The lowest BCUT2D eigenvalue weighted by atomic mass is 9.95. The number of aromatic nitrogens is 2. The predicted octanol–water partition coefficient (Wildman–Crippen LogP) is 5.13. The van der Waals surface area contributed by atoms with Gasteiger partial charge in [0.25, 0.3) is 11.1 Å². The monoisotopic (exact) mass is 441 g/mol. The zero-order valence-electron chi connectivity index (χ0n) is 17.3. The summed E-state index contributed by atoms with van der Waals surface area (Å²) in [6.07, 6.45) is 6.10. The van der Waals surface area contributed by atoms with Gasteiger partial charge in [-0.1, -0.05) is 31.4 Å². The number of halogens is 1. The summed E-state index contributed by atoms with van der Waals surface area (Å²) in [7, 11) is 1.53. The Hall–Kier alpha value is -3.00. The zero-order chi connectivity index (χ0) is 21.6. The quantitative estimate of drug-likeness (QED) is 0.550. The SMILES string of the molecule is COc1cc(C(=O)NC2CCCCC2)ccc1Oc1nc(Cc2ccc(F)cc2)ns1. The summed E-state index contributed by atoms with van der Waals surface area (Å²) < 4.78 is 28.6. The van der Waals surface area contributed by atoms with E-state index in [1.54, 1.807) is 30.3 Å². The van der Waals surface area contributed by atoms with E-state index in [9.17, 15) is 9.18 Å². The van der Waals surface area contributed by atoms with Gasteiger partial charge in [0.15, 0.2) is 17.3 Å². The maximum atomic E-state index is 13.1. The first-order valence-electron chi connectivity index (χ1n) is 10.3. The molecule has 1 fully saturated rings. The van der Waals surface area contributed by atoms with Gasteiger partial charge >= 0.3 is 0 Å². The van der Waals surface area contributed by atoms with E-state index in [1.165, 1.54) is 25.7 Å². The smallest absolute Gasteiger partial charge is 0.298 e. The molecular formula is C23H24FN3O3S. The van der Waals surface area contributed by atoms with Gasteiger partial charge in [-0.05, 0) is 48.7 Å². The van der Waals surface area contributed by atoms with Crippen LogP contribution in [0.4, 0.5) is 4.39 Å². The summed E-state index contributed by atoms with van der Waals surface area (Å²) in [6.45, 7) is 0. The van der Waals surface area contributed by atoms with Crippen LogP contribution in [-0.2, 0) is 6.42 Å². The fraction of sp³-hybridized carbons (Fsp3) is 0.348. The average molecular weight is 442 g/mol. The van der Waals surface area contributed by atoms with Crippen LogP contribution < -0.4 is 14.8 Å². The van der Waals surface area contributed by atoms with Gasteiger partial charge in [0, 0.05) is 29.6 Å². The van der Waals surface area contributed by atoms with E-state index in [0.29, 0.717) is 34.5 Å². The van der Waals surface area contributed by atoms with Crippen molar-refractivity contribution >= 4 is 17.4 Å². The number of amides is 1. The van der Waals surface area contributed by atoms with Crippen LogP contribution in [-0.4, -0.2) is 28.4 Å². The van der Waals surface area contributed by atoms with Gasteiger partial charge in [-0.3, -0.25) is 4.79 Å². The first kappa shape index (κ1) is 21.2. The number of carbonyl (C=O) groups excluding carboxylic acids is 1. The second kappa shape index (κ2) is 9.87. The molecule has 0 aliphatic heterocycles. The summed E-state index contributed by atoms with van der Waals surface area (Å²) in [5.41, 5.74) is 1.45. The molecule has 0 bridgehead atoms. The topological polar surface area (TPSA) is 73.3 Å². The Labute approximate surface area is 184 Å². The van der Waals surface area contributed by atoms with E-state index in [1.807, 2.05) is 0 Å². The Kier molecular flexibility index (Phi) is 6.76. The number of nitrogens with one attached hydrogen (secondary N) is 1. The standard InChI is InChI=1S/C23H24FN3O3S/c1-29-20-14-16(22(28)25-18-5-3-2-4-6-18)9-12-19(20)30-23-26-21(27-31-23)13-15-7-10-17(24)11-8-15/h7-12,14,18H,2-6,13H2,1H3,(H,25,28). The van der Waals surface area contributed by atoms with Crippen molar-refractivity contribution in [2.45, 2.75) is 44.6 Å². The van der Waals surface area contributed by atoms with Crippen LogP contribution in [0.3, 0.4) is 0 Å². The third-order valence-electron chi connectivity index (χ3n) is 5.29. The molecule has 4 rings (SSSR count). The van der Waals surface area contributed by atoms with Crippen molar-refractivity contribution < 1.29 is 18.7 Å². The van der Waals surface area contributed by atoms with Gasteiger partial charge in [-0.15, -0.1) is 0 Å². The summed E-state index contributed by atoms with van der Waals surface area (Å²) in [4.78, 5) is 17.0. The molecule has 162 valence electrons. The molecule has 1 heterocycles. The normalized spacial score (nSPS) is 14.3. The number of nitrogens with zero attached hydrogens (tertiary/aromatic N) is 2. The van der Waals surface area contributed by atoms with Gasteiger partial charge in [0.1, 0.15) is 5.82 Å². The zero-order valence-corrected chi connectivity index (χ0v) is 18.1. The van der Waals surface area contributed by atoms with E-state index in [-0.39, 0.29) is 17.8 Å². The molecule has 8 heteroatoms. The third kappa shape index (κ3) is 5.58. The van der Waals surface area contributed by atoms with Gasteiger partial charge in [0.05, 0.1) is 7.11 Å². The minimum Gasteiger partial charge on any atom is -0.493 e. The molecule has 2 aromatic carbocycles. The van der Waals surface area contributed by atoms with Gasteiger partial charge < -0.3 is 14.8 Å². The molecule has 0 atom stereocenters. The van der Waals surface area contributed by atoms with Crippen molar-refractivity contribution in [2.75, 3.05) is 7.11 Å². The molecule has 0 saturated heterocycles. The number of hydrogen-bond donors (Lipinski definition) is 1. The minimum absolute atomic E-state index is 0.103. The molecular weight excluding hydrogens is 417 g/mol. The summed E-state index contributed by atoms with van der Waals surface area (Å²) in [6, 6.07) is 11.6. The van der Waals surface area contributed by atoms with E-state index in [4.69, 9.17) is 9.47 Å². The van der Waals surface area contributed by atoms with E-state index in [0.717, 1.165) is 42.8 Å². The molecule has 0 spiro atoms. The molecule has 1 aromatic heterocycles. The van der Waals surface area contributed by atoms with Gasteiger partial charge in [-0.2, -0.15) is 9.36 Å². The van der Waals surface area contributed by atoms with Crippen LogP contribution in [0.15, 0.2) is 42.5 Å². The fourth-order valence-corrected chi connectivity index (χ4v) is 4.20. The molecule has 1 aliphatic carbocycles. The predicted molar refractivity (Wildman–Crippen MR) is 117 cm³/mol. The second-order valence-corrected chi connectivity index (χ2v) is 8.27. The Balaban J connectivity index is 1.42. The van der Waals surface area contributed by atoms with E-state index >= 15 is 0 Å². The second-order valence-electron chi connectivity index (χ2n) is 7.56. The van der Waals surface area contributed by atoms with Crippen molar-refractivity contribution in [2.24, 2.45) is 0 Å². The number of methoxy groups -OCH3 is 1. The van der Waals surface area contributed by atoms with Crippen molar-refractivity contribution in [3.8, 4) is 16.7 Å². The lowest BCUT2D eigenvalue weighted by molar-refractivity contribution is 0.0927. The highest BCUT2D eigenvalue weighted by atomic mass is 32.1. The van der Waals surface area contributed by atoms with Gasteiger partial charge in [0.2, 0.25) is 0 Å². The van der Waals surface area contributed by atoms with Crippen LogP contribution in [0.1, 0.15) is 53.8 Å². The van der Waals surface area contributed by atoms with Crippen LogP contribution in [0.25, 0.3) is 0 Å². The number of carbonyl (C=O) groups is 1. The molecule has 0 radical (unpaired) electrons. The average Bonchev–Trinajstić information content (AvgIpc) is 3.23. The van der Waals surface area contributed by atoms with Crippen molar-refractivity contribution in [3.63, 3.8) is 0 Å². The molecule has 3 aromatic rings. The number of benzene rings is 2. The first-order valence-corrected chi connectivity index (χ1v) is 11.1. The van der Waals surface area contributed by atoms with Crippen LogP contribution in [0.2, 0.25) is 0 Å². The lowest BCUT2D eigenvalue weighted by Gasteiger charge is -2.22. The Morgan fingerprint density at radius 3 is 2.65 bits per heavy atom. The largest absolute Gasteiger partial charge is 0.493 e. The molecule has 1 aliphatic rings. The van der Waals surface area contributed by atoms with Crippen LogP contribution in [0.5, 0.6) is 16.7 Å². The molecule has 6 nitrogen and oxygen atoms in total. The molecule has 31 heavy (non-hydrogen) atoms. The Morgan fingerprint density at radius 2 is 1.90 bits per heavy atom.